The Hall–Kier alpha value is -2.91. The number of nitrogens with zero attached hydrogens (tertiary/aromatic N) is 4. The average molecular weight is 502 g/mol. The molecular weight excluding hydrogens is 473 g/mol. The van der Waals surface area contributed by atoms with Crippen molar-refractivity contribution in [1.82, 2.24) is 19.3 Å². The van der Waals surface area contributed by atoms with Crippen LogP contribution < -0.4 is 10.5 Å². The maximum absolute atomic E-state index is 15.5. The van der Waals surface area contributed by atoms with Gasteiger partial charge in [-0.1, -0.05) is 18.5 Å². The fraction of sp³-hybridized carbons (Fsp3) is 0.480. The Morgan fingerprint density at radius 1 is 1.34 bits per heavy atom. The van der Waals surface area contributed by atoms with Gasteiger partial charge in [0.1, 0.15) is 28.5 Å². The van der Waals surface area contributed by atoms with Crippen molar-refractivity contribution in [2.24, 2.45) is 5.41 Å². The summed E-state index contributed by atoms with van der Waals surface area (Å²) in [4.78, 5) is 24.1. The van der Waals surface area contributed by atoms with Gasteiger partial charge in [-0.15, -0.1) is 0 Å². The topological polar surface area (TPSA) is 95.0 Å². The van der Waals surface area contributed by atoms with Crippen molar-refractivity contribution in [3.8, 4) is 5.75 Å². The molecule has 4 heterocycles. The SMILES string of the molecule is Cc1nc(C(C)c2cc(Cl)c(F)c(C(=O)N3CC4(CCOC4)C3)c2OC(C)C)n2ccnc(N)c12. The molecule has 1 aromatic carbocycles. The molecule has 8 nitrogen and oxygen atoms in total. The van der Waals surface area contributed by atoms with E-state index in [-0.39, 0.29) is 33.8 Å². The first-order valence-corrected chi connectivity index (χ1v) is 12.1. The second-order valence-corrected chi connectivity index (χ2v) is 10.3. The zero-order chi connectivity index (χ0) is 25.1. The lowest BCUT2D eigenvalue weighted by atomic mass is 9.79. The normalized spacial score (nSPS) is 17.9. The number of hydrogen-bond acceptors (Lipinski definition) is 6. The summed E-state index contributed by atoms with van der Waals surface area (Å²) >= 11 is 6.36. The molecule has 2 aliphatic heterocycles. The van der Waals surface area contributed by atoms with E-state index in [2.05, 4.69) is 4.98 Å². The monoisotopic (exact) mass is 501 g/mol. The van der Waals surface area contributed by atoms with Gasteiger partial charge < -0.3 is 20.1 Å². The van der Waals surface area contributed by atoms with Gasteiger partial charge in [0.25, 0.3) is 5.91 Å². The van der Waals surface area contributed by atoms with Crippen molar-refractivity contribution < 1.29 is 18.7 Å². The molecule has 1 amide bonds. The molecule has 1 spiro atoms. The molecule has 2 aliphatic rings. The maximum Gasteiger partial charge on any atom is 0.260 e. The van der Waals surface area contributed by atoms with E-state index in [4.69, 9.17) is 31.8 Å². The Balaban J connectivity index is 1.61. The summed E-state index contributed by atoms with van der Waals surface area (Å²) in [6, 6.07) is 1.53. The number of fused-ring (bicyclic) bond motifs is 1. The van der Waals surface area contributed by atoms with E-state index in [9.17, 15) is 4.79 Å². The van der Waals surface area contributed by atoms with Crippen LogP contribution in [0.1, 0.15) is 60.5 Å². The first-order valence-electron chi connectivity index (χ1n) is 11.8. The van der Waals surface area contributed by atoms with Crippen LogP contribution in [0.5, 0.6) is 5.75 Å². The molecule has 186 valence electrons. The lowest BCUT2D eigenvalue weighted by Crippen LogP contribution is -2.59. The number of ether oxygens (including phenoxy) is 2. The van der Waals surface area contributed by atoms with E-state index in [1.807, 2.05) is 32.1 Å². The largest absolute Gasteiger partial charge is 0.490 e. The molecule has 3 aromatic rings. The van der Waals surface area contributed by atoms with Gasteiger partial charge >= 0.3 is 0 Å². The number of benzene rings is 1. The van der Waals surface area contributed by atoms with Crippen molar-refractivity contribution in [2.75, 3.05) is 32.0 Å². The van der Waals surface area contributed by atoms with Gasteiger partial charge in [-0.2, -0.15) is 0 Å². The summed E-state index contributed by atoms with van der Waals surface area (Å²) in [5.41, 5.74) is 7.93. The first-order chi connectivity index (χ1) is 16.6. The lowest BCUT2D eigenvalue weighted by molar-refractivity contribution is -0.000282. The molecule has 0 bridgehead atoms. The minimum atomic E-state index is -0.774. The molecular formula is C25H29ClFN5O3. The number of hydrogen-bond donors (Lipinski definition) is 1. The molecule has 2 fully saturated rings. The molecule has 1 unspecified atom stereocenters. The van der Waals surface area contributed by atoms with Gasteiger partial charge in [-0.05, 0) is 33.3 Å². The average Bonchev–Trinajstić information content (AvgIpc) is 3.40. The first kappa shape index (κ1) is 23.8. The number of anilines is 1. The highest BCUT2D eigenvalue weighted by Gasteiger charge is 2.49. The number of halogens is 2. The molecule has 10 heteroatoms. The Morgan fingerprint density at radius 3 is 2.74 bits per heavy atom. The van der Waals surface area contributed by atoms with E-state index in [1.54, 1.807) is 17.3 Å². The highest BCUT2D eigenvalue weighted by molar-refractivity contribution is 6.31. The summed E-state index contributed by atoms with van der Waals surface area (Å²) in [6.45, 7) is 9.82. The van der Waals surface area contributed by atoms with Crippen molar-refractivity contribution in [2.45, 2.75) is 46.1 Å². The summed E-state index contributed by atoms with van der Waals surface area (Å²) in [5, 5.41) is -0.135. The third-order valence-corrected chi connectivity index (χ3v) is 7.21. The maximum atomic E-state index is 15.5. The van der Waals surface area contributed by atoms with Crippen LogP contribution in [0.3, 0.4) is 0 Å². The fourth-order valence-electron chi connectivity index (χ4n) is 5.18. The lowest BCUT2D eigenvalue weighted by Gasteiger charge is -2.47. The van der Waals surface area contributed by atoms with Crippen LogP contribution in [0, 0.1) is 18.2 Å². The van der Waals surface area contributed by atoms with Gasteiger partial charge in [0.15, 0.2) is 5.82 Å². The van der Waals surface area contributed by atoms with E-state index in [0.29, 0.717) is 49.0 Å². The van der Waals surface area contributed by atoms with Crippen LogP contribution in [0.4, 0.5) is 10.2 Å². The zero-order valence-electron chi connectivity index (χ0n) is 20.3. The Kier molecular flexibility index (Phi) is 5.88. The van der Waals surface area contributed by atoms with Crippen LogP contribution in [-0.4, -0.2) is 57.6 Å². The van der Waals surface area contributed by atoms with Gasteiger partial charge in [-0.3, -0.25) is 9.20 Å². The quantitative estimate of drug-likeness (QED) is 0.562. The Bertz CT molecular complexity index is 1310. The molecule has 1 atom stereocenters. The zero-order valence-corrected chi connectivity index (χ0v) is 21.0. The predicted molar refractivity (Wildman–Crippen MR) is 131 cm³/mol. The van der Waals surface area contributed by atoms with E-state index in [0.717, 1.165) is 12.1 Å². The second kappa shape index (κ2) is 8.64. The standard InChI is InChI=1S/C25H29ClFN5O3/c1-13(2)35-21-16(14(3)23-30-15(4)20-22(28)29-6-7-32(20)23)9-17(26)19(27)18(21)24(33)31-10-25(11-31)5-8-34-12-25/h6-7,9,13-14H,5,8,10-12H2,1-4H3,(H2,28,29). The van der Waals surface area contributed by atoms with Crippen LogP contribution in [0.2, 0.25) is 5.02 Å². The third kappa shape index (κ3) is 3.90. The number of nitrogens with two attached hydrogens (primary N) is 1. The van der Waals surface area contributed by atoms with E-state index < -0.39 is 11.7 Å². The van der Waals surface area contributed by atoms with Crippen LogP contribution in [0.25, 0.3) is 5.52 Å². The molecule has 0 saturated carbocycles. The van der Waals surface area contributed by atoms with Crippen molar-refractivity contribution in [1.29, 1.82) is 0 Å². The van der Waals surface area contributed by atoms with Crippen LogP contribution >= 0.6 is 11.6 Å². The number of carbonyl (C=O) groups excluding carboxylic acids is 1. The van der Waals surface area contributed by atoms with Crippen molar-refractivity contribution in [3.63, 3.8) is 0 Å². The van der Waals surface area contributed by atoms with Crippen molar-refractivity contribution >= 4 is 28.8 Å². The number of nitrogen functional groups attached to an aromatic ring is 1. The summed E-state index contributed by atoms with van der Waals surface area (Å²) < 4.78 is 29.0. The number of rotatable bonds is 5. The third-order valence-electron chi connectivity index (χ3n) is 6.93. The number of imidazole rings is 1. The highest BCUT2D eigenvalue weighted by atomic mass is 35.5. The number of likely N-dealkylation sites (tertiary alicyclic amines) is 1. The van der Waals surface area contributed by atoms with Crippen LogP contribution in [-0.2, 0) is 4.74 Å². The smallest absolute Gasteiger partial charge is 0.260 e. The highest BCUT2D eigenvalue weighted by Crippen LogP contribution is 2.43. The van der Waals surface area contributed by atoms with Gasteiger partial charge in [0.05, 0.1) is 23.4 Å². The van der Waals surface area contributed by atoms with Gasteiger partial charge in [0, 0.05) is 49.0 Å². The molecule has 5 rings (SSSR count). The summed E-state index contributed by atoms with van der Waals surface area (Å²) in [5.74, 6) is -0.368. The Morgan fingerprint density at radius 2 is 2.09 bits per heavy atom. The number of aromatic nitrogens is 3. The molecule has 0 aliphatic carbocycles. The molecule has 2 aromatic heterocycles. The minimum absolute atomic E-state index is 0.0276. The molecule has 2 saturated heterocycles. The number of amides is 1. The Labute approximate surface area is 208 Å². The fourth-order valence-corrected chi connectivity index (χ4v) is 5.39. The minimum Gasteiger partial charge on any atom is -0.490 e. The van der Waals surface area contributed by atoms with E-state index in [1.165, 1.54) is 6.07 Å². The molecule has 0 radical (unpaired) electrons. The summed E-state index contributed by atoms with van der Waals surface area (Å²) in [7, 11) is 0. The number of aryl methyl sites for hydroxylation is 1. The van der Waals surface area contributed by atoms with Crippen molar-refractivity contribution in [3.05, 3.63) is 51.9 Å². The molecule has 2 N–H and O–H groups in total. The van der Waals surface area contributed by atoms with E-state index >= 15 is 4.39 Å². The summed E-state index contributed by atoms with van der Waals surface area (Å²) in [6.07, 6.45) is 3.99. The van der Waals surface area contributed by atoms with Gasteiger partial charge in [0.2, 0.25) is 0 Å². The number of carbonyl (C=O) groups is 1. The van der Waals surface area contributed by atoms with Gasteiger partial charge in [-0.25, -0.2) is 14.4 Å². The predicted octanol–water partition coefficient (Wildman–Crippen LogP) is 4.21. The molecule has 35 heavy (non-hydrogen) atoms. The second-order valence-electron chi connectivity index (χ2n) is 9.90. The van der Waals surface area contributed by atoms with Crippen LogP contribution in [0.15, 0.2) is 18.5 Å².